The molecular weight excluding hydrogens is 280 g/mol. The number of nitrogens with one attached hydrogen (secondary N) is 1. The van der Waals surface area contributed by atoms with E-state index in [0.29, 0.717) is 18.5 Å². The highest BCUT2D eigenvalue weighted by atomic mass is 32.2. The van der Waals surface area contributed by atoms with Crippen LogP contribution in [-0.2, 0) is 10.0 Å². The van der Waals surface area contributed by atoms with Crippen LogP contribution in [0.25, 0.3) is 0 Å². The van der Waals surface area contributed by atoms with Crippen LogP contribution in [0.2, 0.25) is 0 Å². The minimum Gasteiger partial charge on any atom is -0.495 e. The molecule has 0 aliphatic heterocycles. The van der Waals surface area contributed by atoms with Crippen LogP contribution < -0.4 is 15.2 Å². The van der Waals surface area contributed by atoms with Crippen molar-refractivity contribution >= 4 is 15.7 Å². The van der Waals surface area contributed by atoms with Gasteiger partial charge in [-0.1, -0.05) is 6.92 Å². The molecule has 0 aliphatic rings. The van der Waals surface area contributed by atoms with Crippen molar-refractivity contribution in [3.8, 4) is 5.75 Å². The SMILES string of the molecule is CCC(C)(CCO)NS(=O)(=O)c1ccc(N)cc1OC. The maximum atomic E-state index is 12.5. The van der Waals surface area contributed by atoms with E-state index in [0.717, 1.165) is 0 Å². The zero-order chi connectivity index (χ0) is 15.4. The fourth-order valence-electron chi connectivity index (χ4n) is 1.83. The normalized spacial score (nSPS) is 14.8. The Kier molecular flexibility index (Phi) is 5.38. The fourth-order valence-corrected chi connectivity index (χ4v) is 3.49. The largest absolute Gasteiger partial charge is 0.495 e. The minimum absolute atomic E-state index is 0.0341. The van der Waals surface area contributed by atoms with Crippen molar-refractivity contribution < 1.29 is 18.3 Å². The third kappa shape index (κ3) is 3.84. The summed E-state index contributed by atoms with van der Waals surface area (Å²) >= 11 is 0. The molecule has 0 heterocycles. The van der Waals surface area contributed by atoms with Crippen LogP contribution >= 0.6 is 0 Å². The Labute approximate surface area is 120 Å². The van der Waals surface area contributed by atoms with E-state index in [2.05, 4.69) is 4.72 Å². The van der Waals surface area contributed by atoms with Gasteiger partial charge in [0, 0.05) is 23.9 Å². The number of anilines is 1. The van der Waals surface area contributed by atoms with Gasteiger partial charge in [-0.25, -0.2) is 13.1 Å². The highest BCUT2D eigenvalue weighted by molar-refractivity contribution is 7.89. The zero-order valence-electron chi connectivity index (χ0n) is 12.0. The van der Waals surface area contributed by atoms with Gasteiger partial charge in [-0.05, 0) is 31.9 Å². The molecule has 4 N–H and O–H groups in total. The molecule has 0 saturated carbocycles. The Bertz CT molecular complexity index is 559. The molecule has 0 aromatic heterocycles. The topological polar surface area (TPSA) is 102 Å². The lowest BCUT2D eigenvalue weighted by Crippen LogP contribution is -2.46. The van der Waals surface area contributed by atoms with E-state index in [1.807, 2.05) is 6.92 Å². The number of rotatable bonds is 7. The van der Waals surface area contributed by atoms with Crippen LogP contribution in [0.4, 0.5) is 5.69 Å². The summed E-state index contributed by atoms with van der Waals surface area (Å²) in [4.78, 5) is 0.0341. The molecule has 0 spiro atoms. The van der Waals surface area contributed by atoms with Crippen molar-refractivity contribution in [2.75, 3.05) is 19.5 Å². The van der Waals surface area contributed by atoms with E-state index in [9.17, 15) is 8.42 Å². The highest BCUT2D eigenvalue weighted by Crippen LogP contribution is 2.28. The van der Waals surface area contributed by atoms with Gasteiger partial charge in [0.25, 0.3) is 0 Å². The molecular formula is C13H22N2O4S. The number of methoxy groups -OCH3 is 1. The Hall–Kier alpha value is -1.31. The molecule has 7 heteroatoms. The average molecular weight is 302 g/mol. The van der Waals surface area contributed by atoms with Crippen LogP contribution in [0.1, 0.15) is 26.7 Å². The van der Waals surface area contributed by atoms with Crippen LogP contribution in [0, 0.1) is 0 Å². The van der Waals surface area contributed by atoms with Crippen molar-refractivity contribution in [1.29, 1.82) is 0 Å². The van der Waals surface area contributed by atoms with Crippen molar-refractivity contribution in [3.05, 3.63) is 18.2 Å². The van der Waals surface area contributed by atoms with Gasteiger partial charge in [-0.2, -0.15) is 0 Å². The molecule has 1 aromatic rings. The Balaban J connectivity index is 3.17. The number of ether oxygens (including phenoxy) is 1. The molecule has 6 nitrogen and oxygen atoms in total. The summed E-state index contributed by atoms with van der Waals surface area (Å²) in [5, 5.41) is 9.06. The molecule has 1 rings (SSSR count). The lowest BCUT2D eigenvalue weighted by atomic mass is 9.97. The molecule has 0 fully saturated rings. The number of nitrogen functional groups attached to an aromatic ring is 1. The van der Waals surface area contributed by atoms with Crippen LogP contribution in [-0.4, -0.2) is 32.8 Å². The smallest absolute Gasteiger partial charge is 0.244 e. The quantitative estimate of drug-likeness (QED) is 0.655. The van der Waals surface area contributed by atoms with Crippen molar-refractivity contribution in [3.63, 3.8) is 0 Å². The number of aliphatic hydroxyl groups excluding tert-OH is 1. The molecule has 0 bridgehead atoms. The summed E-state index contributed by atoms with van der Waals surface area (Å²) in [5.41, 5.74) is 5.34. The summed E-state index contributed by atoms with van der Waals surface area (Å²) < 4.78 is 32.6. The second-order valence-corrected chi connectivity index (χ2v) is 6.55. The Morgan fingerprint density at radius 2 is 2.10 bits per heavy atom. The van der Waals surface area contributed by atoms with E-state index in [1.54, 1.807) is 6.92 Å². The van der Waals surface area contributed by atoms with Gasteiger partial charge in [0.15, 0.2) is 0 Å². The van der Waals surface area contributed by atoms with Crippen molar-refractivity contribution in [1.82, 2.24) is 4.72 Å². The van der Waals surface area contributed by atoms with Crippen molar-refractivity contribution in [2.45, 2.75) is 37.1 Å². The molecule has 1 unspecified atom stereocenters. The second kappa shape index (κ2) is 6.43. The van der Waals surface area contributed by atoms with E-state index in [4.69, 9.17) is 15.6 Å². The summed E-state index contributed by atoms with van der Waals surface area (Å²) in [6, 6.07) is 4.38. The maximum absolute atomic E-state index is 12.5. The van der Waals surface area contributed by atoms with Crippen LogP contribution in [0.3, 0.4) is 0 Å². The number of sulfonamides is 1. The van der Waals surface area contributed by atoms with E-state index in [-0.39, 0.29) is 17.3 Å². The average Bonchev–Trinajstić information content (AvgIpc) is 2.37. The van der Waals surface area contributed by atoms with Gasteiger partial charge in [0.2, 0.25) is 10.0 Å². The molecule has 0 radical (unpaired) electrons. The van der Waals surface area contributed by atoms with Crippen LogP contribution in [0.15, 0.2) is 23.1 Å². The van der Waals surface area contributed by atoms with E-state index in [1.165, 1.54) is 25.3 Å². The molecule has 0 aliphatic carbocycles. The molecule has 1 aromatic carbocycles. The molecule has 0 amide bonds. The number of hydrogen-bond acceptors (Lipinski definition) is 5. The Morgan fingerprint density at radius 3 is 2.60 bits per heavy atom. The Morgan fingerprint density at radius 1 is 1.45 bits per heavy atom. The monoisotopic (exact) mass is 302 g/mol. The number of aliphatic hydroxyl groups is 1. The predicted octanol–water partition coefficient (Wildman–Crippen LogP) is 1.11. The highest BCUT2D eigenvalue weighted by Gasteiger charge is 2.30. The summed E-state index contributed by atoms with van der Waals surface area (Å²) in [6.45, 7) is 3.52. The lowest BCUT2D eigenvalue weighted by Gasteiger charge is -2.28. The first-order valence-corrected chi connectivity index (χ1v) is 7.84. The van der Waals surface area contributed by atoms with Gasteiger partial charge >= 0.3 is 0 Å². The molecule has 114 valence electrons. The second-order valence-electron chi connectivity index (χ2n) is 4.90. The van der Waals surface area contributed by atoms with Gasteiger partial charge in [0.1, 0.15) is 10.6 Å². The number of benzene rings is 1. The summed E-state index contributed by atoms with van der Waals surface area (Å²) in [7, 11) is -2.36. The zero-order valence-corrected chi connectivity index (χ0v) is 12.8. The number of hydrogen-bond donors (Lipinski definition) is 3. The first kappa shape index (κ1) is 16.7. The first-order chi connectivity index (χ1) is 9.28. The third-order valence-corrected chi connectivity index (χ3v) is 4.98. The molecule has 1 atom stereocenters. The first-order valence-electron chi connectivity index (χ1n) is 6.36. The maximum Gasteiger partial charge on any atom is 0.244 e. The van der Waals surface area contributed by atoms with E-state index >= 15 is 0 Å². The third-order valence-electron chi connectivity index (χ3n) is 3.30. The minimum atomic E-state index is -3.75. The van der Waals surface area contributed by atoms with Crippen molar-refractivity contribution in [2.24, 2.45) is 0 Å². The van der Waals surface area contributed by atoms with Gasteiger partial charge < -0.3 is 15.6 Å². The molecule has 0 saturated heterocycles. The fraction of sp³-hybridized carbons (Fsp3) is 0.538. The van der Waals surface area contributed by atoms with Gasteiger partial charge in [0.05, 0.1) is 7.11 Å². The van der Waals surface area contributed by atoms with Crippen LogP contribution in [0.5, 0.6) is 5.75 Å². The van der Waals surface area contributed by atoms with Gasteiger partial charge in [-0.15, -0.1) is 0 Å². The van der Waals surface area contributed by atoms with Gasteiger partial charge in [-0.3, -0.25) is 0 Å². The molecule has 20 heavy (non-hydrogen) atoms. The summed E-state index contributed by atoms with van der Waals surface area (Å²) in [5.74, 6) is 0.194. The van der Waals surface area contributed by atoms with E-state index < -0.39 is 15.6 Å². The lowest BCUT2D eigenvalue weighted by molar-refractivity contribution is 0.233. The summed E-state index contributed by atoms with van der Waals surface area (Å²) in [6.07, 6.45) is 0.893. The predicted molar refractivity (Wildman–Crippen MR) is 78.1 cm³/mol. The number of nitrogens with two attached hydrogens (primary N) is 1. The standard InChI is InChI=1S/C13H22N2O4S/c1-4-13(2,7-8-16)15-20(17,18)12-6-5-10(14)9-11(12)19-3/h5-6,9,15-16H,4,7-8,14H2,1-3H3.